The van der Waals surface area contributed by atoms with E-state index in [2.05, 4.69) is 15.1 Å². The number of rotatable bonds is 3. The first kappa shape index (κ1) is 19.9. The Morgan fingerprint density at radius 1 is 1.14 bits per heavy atom. The number of benzene rings is 1. The standard InChI is InChI=1S/C20H16Cl3N5O/c1-10(2)25-19-13-8-12(21)7-11(3)17(13)26-20(29-19)15-9-16(23)27-28(15)18-14(22)5-4-6-24-18/h4-10H,1-3H3. The van der Waals surface area contributed by atoms with Gasteiger partial charge < -0.3 is 4.42 Å². The van der Waals surface area contributed by atoms with Crippen LogP contribution in [0.4, 0.5) is 0 Å². The number of hydrogen-bond donors (Lipinski definition) is 0. The number of hydrogen-bond acceptors (Lipinski definition) is 5. The van der Waals surface area contributed by atoms with E-state index in [1.807, 2.05) is 26.8 Å². The summed E-state index contributed by atoms with van der Waals surface area (Å²) in [6, 6.07) is 8.76. The summed E-state index contributed by atoms with van der Waals surface area (Å²) in [6.07, 6.45) is 1.62. The Hall–Kier alpha value is -2.41. The Bertz CT molecular complexity index is 1290. The number of nitrogens with zero attached hydrogens (tertiary/aromatic N) is 5. The molecule has 0 aliphatic heterocycles. The fourth-order valence-electron chi connectivity index (χ4n) is 2.96. The van der Waals surface area contributed by atoms with Crippen LogP contribution in [0.25, 0.3) is 28.3 Å². The van der Waals surface area contributed by atoms with E-state index in [-0.39, 0.29) is 11.2 Å². The zero-order valence-corrected chi connectivity index (χ0v) is 18.1. The minimum Gasteiger partial charge on any atom is -0.418 e. The van der Waals surface area contributed by atoms with Gasteiger partial charge in [-0.2, -0.15) is 5.10 Å². The Morgan fingerprint density at radius 2 is 1.93 bits per heavy atom. The molecule has 0 saturated carbocycles. The van der Waals surface area contributed by atoms with Gasteiger partial charge in [-0.15, -0.1) is 0 Å². The van der Waals surface area contributed by atoms with Gasteiger partial charge in [0.05, 0.1) is 15.9 Å². The summed E-state index contributed by atoms with van der Waals surface area (Å²) in [4.78, 5) is 13.6. The molecule has 0 N–H and O–H groups in total. The van der Waals surface area contributed by atoms with Crippen LogP contribution in [0.15, 0.2) is 45.9 Å². The Kier molecular flexibility index (Phi) is 5.34. The first-order valence-electron chi connectivity index (χ1n) is 8.85. The zero-order valence-electron chi connectivity index (χ0n) is 15.8. The first-order chi connectivity index (χ1) is 13.8. The second-order valence-corrected chi connectivity index (χ2v) is 7.97. The first-order valence-corrected chi connectivity index (χ1v) is 9.98. The number of aromatic nitrogens is 4. The fourth-order valence-corrected chi connectivity index (χ4v) is 3.61. The number of halogens is 3. The van der Waals surface area contributed by atoms with Crippen molar-refractivity contribution in [2.45, 2.75) is 26.8 Å². The van der Waals surface area contributed by atoms with Gasteiger partial charge in [0, 0.05) is 23.3 Å². The zero-order chi connectivity index (χ0) is 20.7. The van der Waals surface area contributed by atoms with Crippen LogP contribution < -0.4 is 5.55 Å². The highest BCUT2D eigenvalue weighted by Gasteiger charge is 2.19. The van der Waals surface area contributed by atoms with Gasteiger partial charge >= 0.3 is 0 Å². The second kappa shape index (κ2) is 7.78. The maximum atomic E-state index is 6.31. The summed E-state index contributed by atoms with van der Waals surface area (Å²) in [7, 11) is 0. The molecule has 0 amide bonds. The van der Waals surface area contributed by atoms with Crippen LogP contribution in [0, 0.1) is 6.92 Å². The summed E-state index contributed by atoms with van der Waals surface area (Å²) in [5.74, 6) is 0.715. The molecule has 0 spiro atoms. The average molecular weight is 449 g/mol. The minimum atomic E-state index is 0.00946. The molecule has 0 bridgehead atoms. The molecule has 0 radical (unpaired) electrons. The lowest BCUT2D eigenvalue weighted by molar-refractivity contribution is 0.486. The lowest BCUT2D eigenvalue weighted by atomic mass is 10.1. The third-order valence-corrected chi connectivity index (χ3v) is 4.81. The molecule has 9 heteroatoms. The van der Waals surface area contributed by atoms with E-state index >= 15 is 0 Å². The quantitative estimate of drug-likeness (QED) is 0.406. The van der Waals surface area contributed by atoms with Gasteiger partial charge in [-0.05, 0) is 50.6 Å². The van der Waals surface area contributed by atoms with E-state index in [1.54, 1.807) is 30.5 Å². The van der Waals surface area contributed by atoms with Gasteiger partial charge in [0.25, 0.3) is 0 Å². The summed E-state index contributed by atoms with van der Waals surface area (Å²) in [6.45, 7) is 5.87. The van der Waals surface area contributed by atoms with Crippen molar-refractivity contribution in [3.63, 3.8) is 0 Å². The van der Waals surface area contributed by atoms with Gasteiger partial charge in [0.15, 0.2) is 11.0 Å². The Balaban J connectivity index is 2.05. The van der Waals surface area contributed by atoms with E-state index in [1.165, 1.54) is 4.68 Å². The van der Waals surface area contributed by atoms with Crippen molar-refractivity contribution in [1.82, 2.24) is 19.7 Å². The van der Waals surface area contributed by atoms with Crippen molar-refractivity contribution in [3.8, 4) is 17.4 Å². The van der Waals surface area contributed by atoms with Gasteiger partial charge in [0.2, 0.25) is 11.4 Å². The minimum absolute atomic E-state index is 0.00946. The second-order valence-electron chi connectivity index (χ2n) is 6.74. The third kappa shape index (κ3) is 3.88. The molecule has 0 aliphatic rings. The maximum Gasteiger partial charge on any atom is 0.248 e. The van der Waals surface area contributed by atoms with Crippen LogP contribution in [0.5, 0.6) is 0 Å². The smallest absolute Gasteiger partial charge is 0.248 e. The van der Waals surface area contributed by atoms with E-state index in [9.17, 15) is 0 Å². The molecule has 0 fully saturated rings. The van der Waals surface area contributed by atoms with Crippen LogP contribution >= 0.6 is 34.8 Å². The monoisotopic (exact) mass is 447 g/mol. The van der Waals surface area contributed by atoms with Gasteiger partial charge in [-0.3, -0.25) is 0 Å². The lowest BCUT2D eigenvalue weighted by Gasteiger charge is -2.09. The third-order valence-electron chi connectivity index (χ3n) is 4.12. The normalized spacial score (nSPS) is 12.3. The van der Waals surface area contributed by atoms with Gasteiger partial charge in [-0.1, -0.05) is 34.8 Å². The molecule has 3 heterocycles. The molecule has 1 aromatic carbocycles. The van der Waals surface area contributed by atoms with Crippen LogP contribution in [0.2, 0.25) is 15.2 Å². The molecule has 4 rings (SSSR count). The van der Waals surface area contributed by atoms with Crippen molar-refractivity contribution >= 4 is 45.7 Å². The van der Waals surface area contributed by atoms with Crippen molar-refractivity contribution in [2.24, 2.45) is 4.99 Å². The number of aryl methyl sites for hydroxylation is 1. The summed E-state index contributed by atoms with van der Waals surface area (Å²) in [5.41, 5.74) is 2.57. The van der Waals surface area contributed by atoms with Crippen molar-refractivity contribution in [1.29, 1.82) is 0 Å². The molecule has 0 atom stereocenters. The fraction of sp³-hybridized carbons (Fsp3) is 0.200. The number of pyridine rings is 1. The molecule has 29 heavy (non-hydrogen) atoms. The molecule has 3 aromatic heterocycles. The highest BCUT2D eigenvalue weighted by Crippen LogP contribution is 2.28. The molecule has 4 aromatic rings. The highest BCUT2D eigenvalue weighted by atomic mass is 35.5. The molecule has 0 aliphatic carbocycles. The van der Waals surface area contributed by atoms with E-state index < -0.39 is 0 Å². The average Bonchev–Trinajstić information content (AvgIpc) is 3.03. The lowest BCUT2D eigenvalue weighted by Crippen LogP contribution is -2.11. The SMILES string of the molecule is Cc1cc(Cl)cc2c(=NC(C)C)oc(-c3cc(Cl)nn3-c3ncccc3Cl)nc12. The highest BCUT2D eigenvalue weighted by molar-refractivity contribution is 6.32. The maximum absolute atomic E-state index is 6.31. The Labute approximate surface area is 181 Å². The molecule has 0 saturated heterocycles. The summed E-state index contributed by atoms with van der Waals surface area (Å²) < 4.78 is 7.59. The molecule has 6 nitrogen and oxygen atoms in total. The largest absolute Gasteiger partial charge is 0.418 e. The summed E-state index contributed by atoms with van der Waals surface area (Å²) in [5, 5.41) is 6.32. The topological polar surface area (TPSA) is 69.1 Å². The molecule has 148 valence electrons. The van der Waals surface area contributed by atoms with Crippen LogP contribution in [0.3, 0.4) is 0 Å². The van der Waals surface area contributed by atoms with E-state index in [0.717, 1.165) is 16.5 Å². The van der Waals surface area contributed by atoms with Crippen molar-refractivity contribution in [3.05, 3.63) is 62.8 Å². The van der Waals surface area contributed by atoms with Crippen LogP contribution in [0.1, 0.15) is 19.4 Å². The summed E-state index contributed by atoms with van der Waals surface area (Å²) >= 11 is 18.8. The van der Waals surface area contributed by atoms with Crippen LogP contribution in [-0.2, 0) is 0 Å². The van der Waals surface area contributed by atoms with E-state index in [4.69, 9.17) is 44.2 Å². The van der Waals surface area contributed by atoms with E-state index in [0.29, 0.717) is 33.0 Å². The van der Waals surface area contributed by atoms with Crippen molar-refractivity contribution < 1.29 is 4.42 Å². The predicted octanol–water partition coefficient (Wildman–Crippen LogP) is 5.65. The molecule has 0 unspecified atom stereocenters. The van der Waals surface area contributed by atoms with Crippen molar-refractivity contribution in [2.75, 3.05) is 0 Å². The van der Waals surface area contributed by atoms with Gasteiger partial charge in [0.1, 0.15) is 5.69 Å². The predicted molar refractivity (Wildman–Crippen MR) is 115 cm³/mol. The number of fused-ring (bicyclic) bond motifs is 1. The van der Waals surface area contributed by atoms with Gasteiger partial charge in [-0.25, -0.2) is 19.6 Å². The molecular weight excluding hydrogens is 433 g/mol. The molecular formula is C20H16Cl3N5O. The Morgan fingerprint density at radius 3 is 2.66 bits per heavy atom. The van der Waals surface area contributed by atoms with Crippen LogP contribution in [-0.4, -0.2) is 25.8 Å².